The van der Waals surface area contributed by atoms with Crippen LogP contribution in [0.1, 0.15) is 32.4 Å². The Balaban J connectivity index is 2.55. The summed E-state index contributed by atoms with van der Waals surface area (Å²) < 4.78 is 0. The average molecular weight is 234 g/mol. The number of hydrogen-bond acceptors (Lipinski definition) is 2. The summed E-state index contributed by atoms with van der Waals surface area (Å²) in [5.41, 5.74) is 0.971. The zero-order valence-corrected chi connectivity index (χ0v) is 10.4. The molecule has 0 aliphatic heterocycles. The van der Waals surface area contributed by atoms with Crippen LogP contribution in [0.25, 0.3) is 0 Å². The summed E-state index contributed by atoms with van der Waals surface area (Å²) in [5.74, 6) is -1.20. The number of carbonyl (C=O) groups excluding carboxylic acids is 2. The zero-order valence-electron chi connectivity index (χ0n) is 10.4. The van der Waals surface area contributed by atoms with E-state index in [4.69, 9.17) is 0 Å². The minimum absolute atomic E-state index is 0.0414. The minimum Gasteiger partial charge on any atom is -0.346 e. The Kier molecular flexibility index (Phi) is 4.69. The molecule has 2 amide bonds. The van der Waals surface area contributed by atoms with Gasteiger partial charge in [0.1, 0.15) is 0 Å². The van der Waals surface area contributed by atoms with Gasteiger partial charge in [-0.1, -0.05) is 30.3 Å². The van der Waals surface area contributed by atoms with Crippen molar-refractivity contribution in [2.24, 2.45) is 0 Å². The lowest BCUT2D eigenvalue weighted by atomic mass is 10.1. The molecule has 2 N–H and O–H groups in total. The number of benzene rings is 1. The lowest BCUT2D eigenvalue weighted by Crippen LogP contribution is -2.43. The van der Waals surface area contributed by atoms with Gasteiger partial charge in [0.05, 0.1) is 6.04 Å². The Bertz CT molecular complexity index is 388. The first-order valence-corrected chi connectivity index (χ1v) is 5.67. The second-order valence-corrected chi connectivity index (χ2v) is 4.23. The molecule has 0 aliphatic carbocycles. The molecule has 0 bridgehead atoms. The lowest BCUT2D eigenvalue weighted by Gasteiger charge is -2.14. The fourth-order valence-corrected chi connectivity index (χ4v) is 1.41. The molecule has 0 unspecified atom stereocenters. The van der Waals surface area contributed by atoms with Crippen LogP contribution in [0.15, 0.2) is 30.3 Å². The number of rotatable bonds is 3. The standard InChI is InChI=1S/C13H18N2O2/c1-9(2)14-12(16)13(17)15-10(3)11-7-5-4-6-8-11/h4-10H,1-3H3,(H,14,16)(H,15,17)/t10-/m1/s1. The van der Waals surface area contributed by atoms with Crippen LogP contribution in [-0.4, -0.2) is 17.9 Å². The Hall–Kier alpha value is -1.84. The number of nitrogens with one attached hydrogen (secondary N) is 2. The van der Waals surface area contributed by atoms with Crippen molar-refractivity contribution in [1.82, 2.24) is 10.6 Å². The van der Waals surface area contributed by atoms with Gasteiger partial charge >= 0.3 is 11.8 Å². The molecular formula is C13H18N2O2. The van der Waals surface area contributed by atoms with E-state index in [1.54, 1.807) is 0 Å². The van der Waals surface area contributed by atoms with Crippen molar-refractivity contribution >= 4 is 11.8 Å². The van der Waals surface area contributed by atoms with Gasteiger partial charge in [0.2, 0.25) is 0 Å². The van der Waals surface area contributed by atoms with Crippen molar-refractivity contribution in [3.8, 4) is 0 Å². The van der Waals surface area contributed by atoms with Crippen LogP contribution < -0.4 is 10.6 Å². The van der Waals surface area contributed by atoms with Crippen LogP contribution in [0.2, 0.25) is 0 Å². The van der Waals surface area contributed by atoms with Gasteiger partial charge in [0, 0.05) is 6.04 Å². The Morgan fingerprint density at radius 1 is 0.941 bits per heavy atom. The highest BCUT2D eigenvalue weighted by Gasteiger charge is 2.17. The fourth-order valence-electron chi connectivity index (χ4n) is 1.41. The molecule has 1 aromatic carbocycles. The smallest absolute Gasteiger partial charge is 0.309 e. The van der Waals surface area contributed by atoms with E-state index >= 15 is 0 Å². The molecule has 0 fully saturated rings. The number of hydrogen-bond donors (Lipinski definition) is 2. The molecule has 1 aromatic rings. The maximum absolute atomic E-state index is 11.5. The molecule has 0 heterocycles. The molecule has 17 heavy (non-hydrogen) atoms. The summed E-state index contributed by atoms with van der Waals surface area (Å²) >= 11 is 0. The van der Waals surface area contributed by atoms with Gasteiger partial charge in [-0.05, 0) is 26.3 Å². The summed E-state index contributed by atoms with van der Waals surface area (Å²) in [6.07, 6.45) is 0. The zero-order chi connectivity index (χ0) is 12.8. The maximum Gasteiger partial charge on any atom is 0.309 e. The van der Waals surface area contributed by atoms with E-state index in [2.05, 4.69) is 10.6 Å². The molecular weight excluding hydrogens is 216 g/mol. The second-order valence-electron chi connectivity index (χ2n) is 4.23. The van der Waals surface area contributed by atoms with Crippen molar-refractivity contribution in [3.63, 3.8) is 0 Å². The lowest BCUT2D eigenvalue weighted by molar-refractivity contribution is -0.139. The molecule has 0 radical (unpaired) electrons. The first-order chi connectivity index (χ1) is 8.00. The molecule has 92 valence electrons. The summed E-state index contributed by atoms with van der Waals surface area (Å²) in [6, 6.07) is 9.29. The van der Waals surface area contributed by atoms with Gasteiger partial charge in [0.25, 0.3) is 0 Å². The summed E-state index contributed by atoms with van der Waals surface area (Å²) in [7, 11) is 0. The molecule has 0 spiro atoms. The average Bonchev–Trinajstić information content (AvgIpc) is 2.29. The van der Waals surface area contributed by atoms with Crippen LogP contribution in [0.4, 0.5) is 0 Å². The van der Waals surface area contributed by atoms with Gasteiger partial charge in [-0.3, -0.25) is 9.59 Å². The van der Waals surface area contributed by atoms with Crippen LogP contribution in [0.5, 0.6) is 0 Å². The van der Waals surface area contributed by atoms with Crippen molar-refractivity contribution in [2.45, 2.75) is 32.9 Å². The maximum atomic E-state index is 11.5. The number of carbonyl (C=O) groups is 2. The molecule has 0 aliphatic rings. The monoisotopic (exact) mass is 234 g/mol. The molecule has 1 atom stereocenters. The van der Waals surface area contributed by atoms with E-state index in [-0.39, 0.29) is 12.1 Å². The minimum atomic E-state index is -0.602. The predicted octanol–water partition coefficient (Wildman–Crippen LogP) is 1.39. The van der Waals surface area contributed by atoms with E-state index in [1.807, 2.05) is 51.1 Å². The van der Waals surface area contributed by atoms with Gasteiger partial charge < -0.3 is 10.6 Å². The SMILES string of the molecule is CC(C)NC(=O)C(=O)N[C@H](C)c1ccccc1. The van der Waals surface area contributed by atoms with E-state index < -0.39 is 11.8 Å². The predicted molar refractivity (Wildman–Crippen MR) is 66.3 cm³/mol. The highest BCUT2D eigenvalue weighted by Crippen LogP contribution is 2.10. The molecule has 1 rings (SSSR count). The molecule has 4 heteroatoms. The number of amides is 2. The van der Waals surface area contributed by atoms with Crippen LogP contribution in [0, 0.1) is 0 Å². The largest absolute Gasteiger partial charge is 0.346 e. The fraction of sp³-hybridized carbons (Fsp3) is 0.385. The first kappa shape index (κ1) is 13.2. The van der Waals surface area contributed by atoms with Gasteiger partial charge in [-0.25, -0.2) is 0 Å². The Morgan fingerprint density at radius 2 is 1.47 bits per heavy atom. The van der Waals surface area contributed by atoms with Crippen LogP contribution in [0.3, 0.4) is 0 Å². The van der Waals surface area contributed by atoms with Crippen LogP contribution >= 0.6 is 0 Å². The summed E-state index contributed by atoms with van der Waals surface area (Å²) in [5, 5.41) is 5.20. The van der Waals surface area contributed by atoms with Crippen molar-refractivity contribution in [2.75, 3.05) is 0 Å². The Morgan fingerprint density at radius 3 is 2.00 bits per heavy atom. The normalized spacial score (nSPS) is 12.0. The van der Waals surface area contributed by atoms with Gasteiger partial charge in [-0.15, -0.1) is 0 Å². The third-order valence-corrected chi connectivity index (χ3v) is 2.27. The summed E-state index contributed by atoms with van der Waals surface area (Å²) in [6.45, 7) is 5.47. The highest BCUT2D eigenvalue weighted by molar-refractivity contribution is 6.35. The molecule has 0 saturated heterocycles. The van der Waals surface area contributed by atoms with Crippen molar-refractivity contribution in [1.29, 1.82) is 0 Å². The molecule has 0 saturated carbocycles. The van der Waals surface area contributed by atoms with Gasteiger partial charge in [-0.2, -0.15) is 0 Å². The second kappa shape index (κ2) is 6.03. The third kappa shape index (κ3) is 4.26. The third-order valence-electron chi connectivity index (χ3n) is 2.27. The van der Waals surface area contributed by atoms with E-state index in [0.717, 1.165) is 5.56 Å². The Labute approximate surface area is 101 Å². The van der Waals surface area contributed by atoms with E-state index in [0.29, 0.717) is 0 Å². The molecule has 4 nitrogen and oxygen atoms in total. The molecule has 0 aromatic heterocycles. The van der Waals surface area contributed by atoms with Gasteiger partial charge in [0.15, 0.2) is 0 Å². The van der Waals surface area contributed by atoms with E-state index in [1.165, 1.54) is 0 Å². The summed E-state index contributed by atoms with van der Waals surface area (Å²) in [4.78, 5) is 22.9. The van der Waals surface area contributed by atoms with Crippen molar-refractivity contribution in [3.05, 3.63) is 35.9 Å². The van der Waals surface area contributed by atoms with E-state index in [9.17, 15) is 9.59 Å². The first-order valence-electron chi connectivity index (χ1n) is 5.67. The van der Waals surface area contributed by atoms with Crippen molar-refractivity contribution < 1.29 is 9.59 Å². The topological polar surface area (TPSA) is 58.2 Å². The van der Waals surface area contributed by atoms with Crippen LogP contribution in [-0.2, 0) is 9.59 Å². The quantitative estimate of drug-likeness (QED) is 0.776. The highest BCUT2D eigenvalue weighted by atomic mass is 16.2.